The van der Waals surface area contributed by atoms with Crippen molar-refractivity contribution in [3.05, 3.63) is 34.9 Å². The minimum Gasteiger partial charge on any atom is -0.381 e. The maximum absolute atomic E-state index is 12.3. The average molecular weight is 375 g/mol. The summed E-state index contributed by atoms with van der Waals surface area (Å²) < 4.78 is 5.32. The lowest BCUT2D eigenvalue weighted by Gasteiger charge is -2.29. The van der Waals surface area contributed by atoms with Gasteiger partial charge < -0.3 is 15.8 Å². The number of hydrogen-bond donors (Lipinski definition) is 2. The summed E-state index contributed by atoms with van der Waals surface area (Å²) in [7, 11) is 0. The Kier molecular flexibility index (Phi) is 8.51. The first-order chi connectivity index (χ1) is 10.9. The topological polar surface area (TPSA) is 64.4 Å². The SMILES string of the molecule is CC(C)(CNC(=O)C(N)C1CCOCC1)Cc1cccc(Cl)c1.Cl. The first kappa shape index (κ1) is 21.2. The van der Waals surface area contributed by atoms with E-state index < -0.39 is 6.04 Å². The van der Waals surface area contributed by atoms with E-state index in [2.05, 4.69) is 25.2 Å². The van der Waals surface area contributed by atoms with Gasteiger partial charge >= 0.3 is 0 Å². The summed E-state index contributed by atoms with van der Waals surface area (Å²) in [5, 5.41) is 3.76. The summed E-state index contributed by atoms with van der Waals surface area (Å²) in [5.74, 6) is 0.163. The lowest BCUT2D eigenvalue weighted by molar-refractivity contribution is -0.124. The molecule has 136 valence electrons. The molecular weight excluding hydrogens is 347 g/mol. The maximum atomic E-state index is 12.3. The molecule has 1 heterocycles. The minimum absolute atomic E-state index is 0. The summed E-state index contributed by atoms with van der Waals surface area (Å²) in [6, 6.07) is 7.41. The van der Waals surface area contributed by atoms with Crippen molar-refractivity contribution < 1.29 is 9.53 Å². The van der Waals surface area contributed by atoms with Crippen LogP contribution >= 0.6 is 24.0 Å². The maximum Gasteiger partial charge on any atom is 0.237 e. The number of carbonyl (C=O) groups is 1. The van der Waals surface area contributed by atoms with Gasteiger partial charge in [0.2, 0.25) is 5.91 Å². The molecule has 6 heteroatoms. The Balaban J connectivity index is 0.00000288. The van der Waals surface area contributed by atoms with Crippen LogP contribution in [-0.4, -0.2) is 31.7 Å². The largest absolute Gasteiger partial charge is 0.381 e. The van der Waals surface area contributed by atoms with Gasteiger partial charge in [-0.3, -0.25) is 4.79 Å². The summed E-state index contributed by atoms with van der Waals surface area (Å²) >= 11 is 6.03. The van der Waals surface area contributed by atoms with Crippen LogP contribution in [0.2, 0.25) is 5.02 Å². The summed E-state index contributed by atoms with van der Waals surface area (Å²) in [6.45, 7) is 6.26. The van der Waals surface area contributed by atoms with Crippen molar-refractivity contribution in [2.45, 2.75) is 39.2 Å². The number of hydrogen-bond acceptors (Lipinski definition) is 3. The third kappa shape index (κ3) is 6.60. The van der Waals surface area contributed by atoms with E-state index in [1.807, 2.05) is 18.2 Å². The van der Waals surface area contributed by atoms with Crippen LogP contribution in [0.15, 0.2) is 24.3 Å². The van der Waals surface area contributed by atoms with Crippen molar-refractivity contribution in [2.75, 3.05) is 19.8 Å². The third-order valence-electron chi connectivity index (χ3n) is 4.39. The minimum atomic E-state index is -0.444. The van der Waals surface area contributed by atoms with Crippen LogP contribution < -0.4 is 11.1 Å². The van der Waals surface area contributed by atoms with Crippen LogP contribution in [-0.2, 0) is 16.0 Å². The second kappa shape index (κ2) is 9.62. The van der Waals surface area contributed by atoms with Gasteiger partial charge in [0, 0.05) is 24.8 Å². The summed E-state index contributed by atoms with van der Waals surface area (Å²) in [4.78, 5) is 12.3. The number of rotatable bonds is 6. The van der Waals surface area contributed by atoms with Crippen LogP contribution in [0.5, 0.6) is 0 Å². The van der Waals surface area contributed by atoms with E-state index in [-0.39, 0.29) is 29.6 Å². The van der Waals surface area contributed by atoms with Gasteiger partial charge in [-0.15, -0.1) is 12.4 Å². The Morgan fingerprint density at radius 2 is 2.08 bits per heavy atom. The number of amides is 1. The number of benzene rings is 1. The molecule has 1 fully saturated rings. The van der Waals surface area contributed by atoms with E-state index >= 15 is 0 Å². The molecule has 4 nitrogen and oxygen atoms in total. The quantitative estimate of drug-likeness (QED) is 0.803. The molecule has 0 radical (unpaired) electrons. The zero-order valence-electron chi connectivity index (χ0n) is 14.4. The highest BCUT2D eigenvalue weighted by Crippen LogP contribution is 2.23. The molecule has 1 aromatic carbocycles. The number of ether oxygens (including phenoxy) is 1. The predicted octanol–water partition coefficient (Wildman–Crippen LogP) is 3.20. The highest BCUT2D eigenvalue weighted by atomic mass is 35.5. The van der Waals surface area contributed by atoms with E-state index in [4.69, 9.17) is 22.1 Å². The predicted molar refractivity (Wildman–Crippen MR) is 101 cm³/mol. The van der Waals surface area contributed by atoms with Gasteiger partial charge in [-0.05, 0) is 48.3 Å². The van der Waals surface area contributed by atoms with Crippen molar-refractivity contribution in [3.63, 3.8) is 0 Å². The first-order valence-electron chi connectivity index (χ1n) is 8.23. The van der Waals surface area contributed by atoms with E-state index in [9.17, 15) is 4.79 Å². The average Bonchev–Trinajstić information content (AvgIpc) is 2.52. The van der Waals surface area contributed by atoms with Crippen LogP contribution in [0.1, 0.15) is 32.3 Å². The van der Waals surface area contributed by atoms with E-state index in [0.29, 0.717) is 19.8 Å². The van der Waals surface area contributed by atoms with Gasteiger partial charge in [0.15, 0.2) is 0 Å². The molecular formula is C18H28Cl2N2O2. The Morgan fingerprint density at radius 1 is 1.42 bits per heavy atom. The van der Waals surface area contributed by atoms with Crippen molar-refractivity contribution in [3.8, 4) is 0 Å². The number of nitrogens with two attached hydrogens (primary N) is 1. The molecule has 1 atom stereocenters. The van der Waals surface area contributed by atoms with Gasteiger partial charge in [0.05, 0.1) is 6.04 Å². The molecule has 3 N–H and O–H groups in total. The lowest BCUT2D eigenvalue weighted by atomic mass is 9.85. The van der Waals surface area contributed by atoms with Crippen molar-refractivity contribution >= 4 is 29.9 Å². The Morgan fingerprint density at radius 3 is 2.71 bits per heavy atom. The van der Waals surface area contributed by atoms with Crippen LogP contribution in [0.4, 0.5) is 0 Å². The zero-order valence-corrected chi connectivity index (χ0v) is 16.0. The fourth-order valence-electron chi connectivity index (χ4n) is 3.00. The van der Waals surface area contributed by atoms with Crippen molar-refractivity contribution in [2.24, 2.45) is 17.1 Å². The second-order valence-corrected chi connectivity index (χ2v) is 7.60. The smallest absolute Gasteiger partial charge is 0.237 e. The van der Waals surface area contributed by atoms with Crippen molar-refractivity contribution in [1.29, 1.82) is 0 Å². The van der Waals surface area contributed by atoms with Crippen LogP contribution in [0.3, 0.4) is 0 Å². The van der Waals surface area contributed by atoms with Gasteiger partial charge in [-0.1, -0.05) is 37.6 Å². The van der Waals surface area contributed by atoms with Crippen LogP contribution in [0.25, 0.3) is 0 Å². The molecule has 0 aliphatic carbocycles. The number of halogens is 2. The monoisotopic (exact) mass is 374 g/mol. The van der Waals surface area contributed by atoms with E-state index in [1.165, 1.54) is 5.56 Å². The molecule has 0 spiro atoms. The Bertz CT molecular complexity index is 532. The fourth-order valence-corrected chi connectivity index (χ4v) is 3.21. The molecule has 1 unspecified atom stereocenters. The molecule has 1 aliphatic heterocycles. The number of carbonyl (C=O) groups excluding carboxylic acids is 1. The normalized spacial score (nSPS) is 17.0. The molecule has 24 heavy (non-hydrogen) atoms. The van der Waals surface area contributed by atoms with Gasteiger partial charge in [-0.25, -0.2) is 0 Å². The summed E-state index contributed by atoms with van der Waals surface area (Å²) in [5.41, 5.74) is 7.22. The van der Waals surface area contributed by atoms with Crippen LogP contribution in [0, 0.1) is 11.3 Å². The first-order valence-corrected chi connectivity index (χ1v) is 8.61. The summed E-state index contributed by atoms with van der Waals surface area (Å²) in [6.07, 6.45) is 2.57. The highest BCUT2D eigenvalue weighted by Gasteiger charge is 2.28. The third-order valence-corrected chi connectivity index (χ3v) is 4.62. The molecule has 1 amide bonds. The lowest BCUT2D eigenvalue weighted by Crippen LogP contribution is -2.49. The van der Waals surface area contributed by atoms with Gasteiger partial charge in [0.25, 0.3) is 0 Å². The standard InChI is InChI=1S/C18H27ClN2O2.ClH/c1-18(2,11-13-4-3-5-15(19)10-13)12-21-17(22)16(20)14-6-8-23-9-7-14;/h3-5,10,14,16H,6-9,11-12,20H2,1-2H3,(H,21,22);1H. The second-order valence-electron chi connectivity index (χ2n) is 7.16. The zero-order chi connectivity index (χ0) is 16.9. The van der Waals surface area contributed by atoms with E-state index in [1.54, 1.807) is 0 Å². The Hall–Kier alpha value is -0.810. The molecule has 2 rings (SSSR count). The molecule has 0 bridgehead atoms. The fraction of sp³-hybridized carbons (Fsp3) is 0.611. The molecule has 0 saturated carbocycles. The van der Waals surface area contributed by atoms with Crippen molar-refractivity contribution in [1.82, 2.24) is 5.32 Å². The molecule has 1 aliphatic rings. The van der Waals surface area contributed by atoms with Gasteiger partial charge in [0.1, 0.15) is 0 Å². The van der Waals surface area contributed by atoms with Gasteiger partial charge in [-0.2, -0.15) is 0 Å². The highest BCUT2D eigenvalue weighted by molar-refractivity contribution is 6.30. The molecule has 1 aromatic rings. The molecule has 1 saturated heterocycles. The number of nitrogens with one attached hydrogen (secondary N) is 1. The molecule has 0 aromatic heterocycles. The van der Waals surface area contributed by atoms with E-state index in [0.717, 1.165) is 24.3 Å². The Labute approximate surface area is 155 Å².